The van der Waals surface area contributed by atoms with E-state index in [4.69, 9.17) is 16.3 Å². The first-order chi connectivity index (χ1) is 7.85. The van der Waals surface area contributed by atoms with Crippen LogP contribution in [-0.4, -0.2) is 13.0 Å². The molecule has 1 aliphatic rings. The molecule has 1 atom stereocenters. The largest absolute Gasteiger partial charge is 0.497 e. The highest BCUT2D eigenvalue weighted by molar-refractivity contribution is 6.18. The molecule has 2 heteroatoms. The van der Waals surface area contributed by atoms with Gasteiger partial charge in [0.1, 0.15) is 5.75 Å². The maximum Gasteiger partial charge on any atom is 0.118 e. The number of alkyl halides is 1. The average Bonchev–Trinajstić information content (AvgIpc) is 2.85. The van der Waals surface area contributed by atoms with Gasteiger partial charge in [-0.25, -0.2) is 0 Å². The van der Waals surface area contributed by atoms with Crippen molar-refractivity contribution in [2.45, 2.75) is 31.6 Å². The number of halogens is 1. The van der Waals surface area contributed by atoms with Crippen molar-refractivity contribution in [3.8, 4) is 5.75 Å². The minimum Gasteiger partial charge on any atom is -0.497 e. The molecule has 0 N–H and O–H groups in total. The van der Waals surface area contributed by atoms with Gasteiger partial charge in [-0.3, -0.25) is 0 Å². The third-order valence-corrected chi connectivity index (χ3v) is 4.01. The first-order valence-corrected chi connectivity index (χ1v) is 6.58. The summed E-state index contributed by atoms with van der Waals surface area (Å²) in [5, 5.41) is 0. The van der Waals surface area contributed by atoms with Gasteiger partial charge in [-0.2, -0.15) is 0 Å². The molecule has 2 rings (SSSR count). The zero-order valence-electron chi connectivity index (χ0n) is 9.79. The van der Waals surface area contributed by atoms with Gasteiger partial charge in [0.2, 0.25) is 0 Å². The fraction of sp³-hybridized carbons (Fsp3) is 0.571. The molecule has 16 heavy (non-hydrogen) atoms. The normalized spacial score (nSPS) is 18.6. The Morgan fingerprint density at radius 3 is 2.38 bits per heavy atom. The number of ether oxygens (including phenoxy) is 1. The summed E-state index contributed by atoms with van der Waals surface area (Å²) in [6.07, 6.45) is 5.41. The molecular formula is C14H19ClO. The van der Waals surface area contributed by atoms with Crippen molar-refractivity contribution in [1.82, 2.24) is 0 Å². The van der Waals surface area contributed by atoms with Crippen LogP contribution < -0.4 is 4.74 Å². The lowest BCUT2D eigenvalue weighted by Crippen LogP contribution is -2.11. The van der Waals surface area contributed by atoms with Crippen molar-refractivity contribution in [3.63, 3.8) is 0 Å². The quantitative estimate of drug-likeness (QED) is 0.714. The second-order valence-corrected chi connectivity index (χ2v) is 4.89. The number of hydrogen-bond acceptors (Lipinski definition) is 1. The third-order valence-electron chi connectivity index (χ3n) is 3.68. The molecule has 0 saturated heterocycles. The van der Waals surface area contributed by atoms with Crippen molar-refractivity contribution in [2.24, 2.45) is 5.92 Å². The predicted octanol–water partition coefficient (Wildman–Crippen LogP) is 4.21. The first-order valence-electron chi connectivity index (χ1n) is 6.05. The zero-order chi connectivity index (χ0) is 11.4. The van der Waals surface area contributed by atoms with E-state index in [1.54, 1.807) is 7.11 Å². The highest BCUT2D eigenvalue weighted by Crippen LogP contribution is 2.38. The Morgan fingerprint density at radius 2 is 1.88 bits per heavy atom. The van der Waals surface area contributed by atoms with Crippen molar-refractivity contribution >= 4 is 11.6 Å². The van der Waals surface area contributed by atoms with E-state index in [-0.39, 0.29) is 0 Å². The van der Waals surface area contributed by atoms with Gasteiger partial charge in [0.15, 0.2) is 0 Å². The molecule has 0 bridgehead atoms. The van der Waals surface area contributed by atoms with E-state index in [1.165, 1.54) is 31.2 Å². The molecule has 1 fully saturated rings. The molecule has 1 aliphatic carbocycles. The number of rotatable bonds is 4. The SMILES string of the molecule is COc1ccc(C(CCl)C2CCCC2)cc1. The van der Waals surface area contributed by atoms with Gasteiger partial charge in [0, 0.05) is 11.8 Å². The molecular weight excluding hydrogens is 220 g/mol. The van der Waals surface area contributed by atoms with Crippen LogP contribution in [0, 0.1) is 5.92 Å². The molecule has 0 spiro atoms. The van der Waals surface area contributed by atoms with Crippen LogP contribution in [0.5, 0.6) is 5.75 Å². The summed E-state index contributed by atoms with van der Waals surface area (Å²) >= 11 is 6.12. The smallest absolute Gasteiger partial charge is 0.118 e. The van der Waals surface area contributed by atoms with Crippen LogP contribution in [0.3, 0.4) is 0 Å². The highest BCUT2D eigenvalue weighted by atomic mass is 35.5. The predicted molar refractivity (Wildman–Crippen MR) is 68.4 cm³/mol. The molecule has 1 aromatic carbocycles. The van der Waals surface area contributed by atoms with Gasteiger partial charge in [-0.05, 0) is 36.5 Å². The lowest BCUT2D eigenvalue weighted by atomic mass is 9.86. The van der Waals surface area contributed by atoms with Crippen LogP contribution in [-0.2, 0) is 0 Å². The molecule has 1 nitrogen and oxygen atoms in total. The molecule has 1 unspecified atom stereocenters. The Hall–Kier alpha value is -0.690. The lowest BCUT2D eigenvalue weighted by Gasteiger charge is -2.21. The summed E-state index contributed by atoms with van der Waals surface area (Å²) < 4.78 is 5.18. The molecule has 1 saturated carbocycles. The fourth-order valence-electron chi connectivity index (χ4n) is 2.70. The summed E-state index contributed by atoms with van der Waals surface area (Å²) in [4.78, 5) is 0. The van der Waals surface area contributed by atoms with Crippen molar-refractivity contribution in [3.05, 3.63) is 29.8 Å². The summed E-state index contributed by atoms with van der Waals surface area (Å²) in [7, 11) is 1.70. The molecule has 0 amide bonds. The fourth-order valence-corrected chi connectivity index (χ4v) is 3.13. The van der Waals surface area contributed by atoms with E-state index < -0.39 is 0 Å². The van der Waals surface area contributed by atoms with E-state index in [0.29, 0.717) is 5.92 Å². The van der Waals surface area contributed by atoms with Crippen LogP contribution >= 0.6 is 11.6 Å². The van der Waals surface area contributed by atoms with E-state index in [1.807, 2.05) is 12.1 Å². The van der Waals surface area contributed by atoms with E-state index in [0.717, 1.165) is 17.5 Å². The first kappa shape index (κ1) is 11.8. The van der Waals surface area contributed by atoms with Crippen molar-refractivity contribution < 1.29 is 4.74 Å². The van der Waals surface area contributed by atoms with E-state index in [9.17, 15) is 0 Å². The molecule has 1 aromatic rings. The standard InChI is InChI=1S/C14H19ClO/c1-16-13-8-6-12(7-9-13)14(10-15)11-4-2-3-5-11/h6-9,11,14H,2-5,10H2,1H3. The molecule has 0 heterocycles. The minimum atomic E-state index is 0.523. The third kappa shape index (κ3) is 2.52. The Kier molecular flexibility index (Phi) is 4.11. The second kappa shape index (κ2) is 5.58. The van der Waals surface area contributed by atoms with Gasteiger partial charge in [0.05, 0.1) is 7.11 Å². The van der Waals surface area contributed by atoms with Gasteiger partial charge in [0.25, 0.3) is 0 Å². The summed E-state index contributed by atoms with van der Waals surface area (Å²) in [6, 6.07) is 8.38. The zero-order valence-corrected chi connectivity index (χ0v) is 10.5. The van der Waals surface area contributed by atoms with Gasteiger partial charge in [-0.15, -0.1) is 11.6 Å². The average molecular weight is 239 g/mol. The number of methoxy groups -OCH3 is 1. The Balaban J connectivity index is 2.12. The molecule has 0 aliphatic heterocycles. The maximum absolute atomic E-state index is 6.12. The van der Waals surface area contributed by atoms with E-state index >= 15 is 0 Å². The minimum absolute atomic E-state index is 0.523. The van der Waals surface area contributed by atoms with Gasteiger partial charge >= 0.3 is 0 Å². The Labute approximate surface area is 103 Å². The summed E-state index contributed by atoms with van der Waals surface area (Å²) in [5.41, 5.74) is 1.36. The monoisotopic (exact) mass is 238 g/mol. The molecule has 0 radical (unpaired) electrons. The highest BCUT2D eigenvalue weighted by Gasteiger charge is 2.25. The van der Waals surface area contributed by atoms with Crippen LogP contribution in [0.15, 0.2) is 24.3 Å². The van der Waals surface area contributed by atoms with Crippen LogP contribution in [0.2, 0.25) is 0 Å². The van der Waals surface area contributed by atoms with Crippen LogP contribution in [0.25, 0.3) is 0 Å². The Morgan fingerprint density at radius 1 is 1.25 bits per heavy atom. The maximum atomic E-state index is 6.12. The summed E-state index contributed by atoms with van der Waals surface area (Å²) in [6.45, 7) is 0. The second-order valence-electron chi connectivity index (χ2n) is 4.58. The van der Waals surface area contributed by atoms with Crippen LogP contribution in [0.1, 0.15) is 37.2 Å². The molecule has 0 aromatic heterocycles. The van der Waals surface area contributed by atoms with Gasteiger partial charge < -0.3 is 4.74 Å². The van der Waals surface area contributed by atoms with Crippen LogP contribution in [0.4, 0.5) is 0 Å². The number of benzene rings is 1. The summed E-state index contributed by atoms with van der Waals surface area (Å²) in [5.74, 6) is 2.96. The topological polar surface area (TPSA) is 9.23 Å². The molecule has 88 valence electrons. The van der Waals surface area contributed by atoms with Crippen molar-refractivity contribution in [1.29, 1.82) is 0 Å². The van der Waals surface area contributed by atoms with E-state index in [2.05, 4.69) is 12.1 Å². The Bertz CT molecular complexity index is 314. The lowest BCUT2D eigenvalue weighted by molar-refractivity contribution is 0.413. The van der Waals surface area contributed by atoms with Crippen molar-refractivity contribution in [2.75, 3.05) is 13.0 Å². The number of hydrogen-bond donors (Lipinski definition) is 0. The van der Waals surface area contributed by atoms with Gasteiger partial charge in [-0.1, -0.05) is 25.0 Å².